The number of aryl methyl sites for hydroxylation is 1. The van der Waals surface area contributed by atoms with E-state index < -0.39 is 15.8 Å². The van der Waals surface area contributed by atoms with E-state index in [9.17, 15) is 17.9 Å². The summed E-state index contributed by atoms with van der Waals surface area (Å²) in [5.41, 5.74) is 2.04. The minimum absolute atomic E-state index is 0.0438. The van der Waals surface area contributed by atoms with Crippen molar-refractivity contribution in [3.8, 4) is 0 Å². The second-order valence-electron chi connectivity index (χ2n) is 5.43. The molecule has 1 N–H and O–H groups in total. The highest BCUT2D eigenvalue weighted by atomic mass is 32.2. The molecule has 1 aliphatic rings. The number of aliphatic hydroxyl groups excluding tert-OH is 1. The molecular formula is C16H17FN2O3S. The third-order valence-corrected chi connectivity index (χ3v) is 5.93. The lowest BCUT2D eigenvalue weighted by Crippen LogP contribution is -2.36. The number of hydrogen-bond acceptors (Lipinski definition) is 4. The Hall–Kier alpha value is -1.83. The number of aromatic nitrogens is 1. The third-order valence-electron chi connectivity index (χ3n) is 4.06. The van der Waals surface area contributed by atoms with E-state index >= 15 is 0 Å². The Labute approximate surface area is 134 Å². The maximum atomic E-state index is 13.4. The summed E-state index contributed by atoms with van der Waals surface area (Å²) < 4.78 is 40.4. The molecule has 7 heteroatoms. The fourth-order valence-corrected chi connectivity index (χ4v) is 4.65. The van der Waals surface area contributed by atoms with E-state index in [1.165, 1.54) is 4.31 Å². The normalized spacial score (nSPS) is 17.4. The van der Waals surface area contributed by atoms with Crippen molar-refractivity contribution in [2.24, 2.45) is 0 Å². The summed E-state index contributed by atoms with van der Waals surface area (Å²) in [4.78, 5) is 3.42. The standard InChI is InChI=1S/C16H17FN2O3S/c17-13-9-14(11-18-10-13)23(21,22)19(7-8-20)16-6-5-12-3-1-2-4-15(12)16/h1-4,9-11,16,20H,5-8H2/t16-/m0/s1. The minimum Gasteiger partial charge on any atom is -0.395 e. The summed E-state index contributed by atoms with van der Waals surface area (Å²) >= 11 is 0. The van der Waals surface area contributed by atoms with Gasteiger partial charge in [0.25, 0.3) is 0 Å². The lowest BCUT2D eigenvalue weighted by atomic mass is 10.1. The average molecular weight is 336 g/mol. The van der Waals surface area contributed by atoms with Gasteiger partial charge in [0, 0.05) is 12.7 Å². The van der Waals surface area contributed by atoms with Crippen molar-refractivity contribution in [2.75, 3.05) is 13.2 Å². The van der Waals surface area contributed by atoms with E-state index in [0.717, 1.165) is 36.0 Å². The highest BCUT2D eigenvalue weighted by Crippen LogP contribution is 2.38. The second-order valence-corrected chi connectivity index (χ2v) is 7.32. The molecule has 0 unspecified atom stereocenters. The molecule has 1 atom stereocenters. The fourth-order valence-electron chi connectivity index (χ4n) is 3.04. The zero-order valence-corrected chi connectivity index (χ0v) is 13.2. The number of nitrogens with zero attached hydrogens (tertiary/aromatic N) is 2. The molecule has 1 aromatic carbocycles. The van der Waals surface area contributed by atoms with Gasteiger partial charge in [-0.05, 0) is 30.0 Å². The van der Waals surface area contributed by atoms with Gasteiger partial charge in [0.1, 0.15) is 10.7 Å². The Balaban J connectivity index is 2.03. The molecule has 0 aliphatic heterocycles. The molecule has 0 saturated heterocycles. The summed E-state index contributed by atoms with van der Waals surface area (Å²) in [5.74, 6) is -0.707. The van der Waals surface area contributed by atoms with Crippen LogP contribution in [0.25, 0.3) is 0 Å². The first-order chi connectivity index (χ1) is 11.0. The Morgan fingerprint density at radius 2 is 2.09 bits per heavy atom. The predicted octanol–water partition coefficient (Wildman–Crippen LogP) is 1.89. The van der Waals surface area contributed by atoms with Gasteiger partial charge in [-0.15, -0.1) is 0 Å². The zero-order valence-electron chi connectivity index (χ0n) is 12.4. The van der Waals surface area contributed by atoms with E-state index in [-0.39, 0.29) is 24.1 Å². The van der Waals surface area contributed by atoms with E-state index in [1.54, 1.807) is 0 Å². The molecule has 0 bridgehead atoms. The lowest BCUT2D eigenvalue weighted by Gasteiger charge is -2.28. The number of rotatable bonds is 5. The number of aliphatic hydroxyl groups is 1. The van der Waals surface area contributed by atoms with Crippen LogP contribution in [0.3, 0.4) is 0 Å². The molecule has 0 fully saturated rings. The van der Waals surface area contributed by atoms with Crippen molar-refractivity contribution in [3.63, 3.8) is 0 Å². The largest absolute Gasteiger partial charge is 0.395 e. The smallest absolute Gasteiger partial charge is 0.245 e. The van der Waals surface area contributed by atoms with Gasteiger partial charge in [0.2, 0.25) is 10.0 Å². The molecule has 23 heavy (non-hydrogen) atoms. The molecule has 0 radical (unpaired) electrons. The number of pyridine rings is 1. The first kappa shape index (κ1) is 16.0. The van der Waals surface area contributed by atoms with Gasteiger partial charge in [0.05, 0.1) is 18.8 Å². The van der Waals surface area contributed by atoms with Crippen LogP contribution in [-0.4, -0.2) is 36.0 Å². The topological polar surface area (TPSA) is 70.5 Å². The molecule has 2 aromatic rings. The van der Waals surface area contributed by atoms with Crippen LogP contribution in [0, 0.1) is 5.82 Å². The summed E-state index contributed by atoms with van der Waals surface area (Å²) in [6.45, 7) is -0.349. The van der Waals surface area contributed by atoms with E-state index in [4.69, 9.17) is 0 Å². The fraction of sp³-hybridized carbons (Fsp3) is 0.312. The predicted molar refractivity (Wildman–Crippen MR) is 82.7 cm³/mol. The molecular weight excluding hydrogens is 319 g/mol. The summed E-state index contributed by atoms with van der Waals surface area (Å²) in [5, 5.41) is 9.31. The minimum atomic E-state index is -3.94. The molecule has 3 rings (SSSR count). The average Bonchev–Trinajstić information content (AvgIpc) is 2.96. The SMILES string of the molecule is O=S(=O)(c1cncc(F)c1)N(CCO)[C@H]1CCc2ccccc21. The van der Waals surface area contributed by atoms with Crippen LogP contribution >= 0.6 is 0 Å². The monoisotopic (exact) mass is 336 g/mol. The number of sulfonamides is 1. The highest BCUT2D eigenvalue weighted by molar-refractivity contribution is 7.89. The van der Waals surface area contributed by atoms with Gasteiger partial charge >= 0.3 is 0 Å². The Morgan fingerprint density at radius 1 is 1.30 bits per heavy atom. The Bertz CT molecular complexity index is 810. The van der Waals surface area contributed by atoms with Crippen LogP contribution in [0.2, 0.25) is 0 Å². The first-order valence-electron chi connectivity index (χ1n) is 7.35. The second kappa shape index (κ2) is 6.35. The quantitative estimate of drug-likeness (QED) is 0.905. The molecule has 1 heterocycles. The van der Waals surface area contributed by atoms with Crippen LogP contribution in [-0.2, 0) is 16.4 Å². The van der Waals surface area contributed by atoms with Gasteiger partial charge in [-0.1, -0.05) is 24.3 Å². The van der Waals surface area contributed by atoms with Gasteiger partial charge in [-0.25, -0.2) is 12.8 Å². The third kappa shape index (κ3) is 2.99. The van der Waals surface area contributed by atoms with Crippen molar-refractivity contribution in [1.82, 2.24) is 9.29 Å². The molecule has 0 spiro atoms. The van der Waals surface area contributed by atoms with Crippen LogP contribution in [0.5, 0.6) is 0 Å². The van der Waals surface area contributed by atoms with Crippen LogP contribution in [0.1, 0.15) is 23.6 Å². The van der Waals surface area contributed by atoms with Crippen molar-refractivity contribution in [1.29, 1.82) is 0 Å². The van der Waals surface area contributed by atoms with Crippen molar-refractivity contribution < 1.29 is 17.9 Å². The number of halogens is 1. The lowest BCUT2D eigenvalue weighted by molar-refractivity contribution is 0.225. The molecule has 5 nitrogen and oxygen atoms in total. The van der Waals surface area contributed by atoms with Crippen LogP contribution < -0.4 is 0 Å². The first-order valence-corrected chi connectivity index (χ1v) is 8.79. The molecule has 1 aliphatic carbocycles. The molecule has 0 saturated carbocycles. The maximum Gasteiger partial charge on any atom is 0.245 e. The highest BCUT2D eigenvalue weighted by Gasteiger charge is 2.36. The summed E-state index contributed by atoms with van der Waals surface area (Å²) in [7, 11) is -3.94. The number of benzene rings is 1. The van der Waals surface area contributed by atoms with E-state index in [1.807, 2.05) is 24.3 Å². The van der Waals surface area contributed by atoms with Crippen LogP contribution in [0.15, 0.2) is 47.6 Å². The van der Waals surface area contributed by atoms with Gasteiger partial charge < -0.3 is 5.11 Å². The van der Waals surface area contributed by atoms with Crippen molar-refractivity contribution in [2.45, 2.75) is 23.8 Å². The molecule has 122 valence electrons. The number of hydrogen-bond donors (Lipinski definition) is 1. The van der Waals surface area contributed by atoms with Crippen LogP contribution in [0.4, 0.5) is 4.39 Å². The van der Waals surface area contributed by atoms with Gasteiger partial charge in [-0.2, -0.15) is 4.31 Å². The molecule has 1 aromatic heterocycles. The number of fused-ring (bicyclic) bond motifs is 1. The zero-order chi connectivity index (χ0) is 16.4. The van der Waals surface area contributed by atoms with Crippen molar-refractivity contribution >= 4 is 10.0 Å². The van der Waals surface area contributed by atoms with Crippen molar-refractivity contribution in [3.05, 3.63) is 59.7 Å². The Morgan fingerprint density at radius 3 is 2.83 bits per heavy atom. The van der Waals surface area contributed by atoms with Gasteiger partial charge in [0.15, 0.2) is 0 Å². The van der Waals surface area contributed by atoms with Gasteiger partial charge in [-0.3, -0.25) is 4.98 Å². The van der Waals surface area contributed by atoms with E-state index in [2.05, 4.69) is 4.98 Å². The maximum absolute atomic E-state index is 13.4. The van der Waals surface area contributed by atoms with E-state index in [0.29, 0.717) is 6.42 Å². The Kier molecular flexibility index (Phi) is 4.43. The molecule has 0 amide bonds. The summed E-state index contributed by atoms with van der Waals surface area (Å²) in [6.07, 6.45) is 3.50. The summed E-state index contributed by atoms with van der Waals surface area (Å²) in [6, 6.07) is 8.26.